The predicted octanol–water partition coefficient (Wildman–Crippen LogP) is 3.99. The first-order chi connectivity index (χ1) is 10.8. The Morgan fingerprint density at radius 3 is 2.61 bits per heavy atom. The van der Waals surface area contributed by atoms with Gasteiger partial charge in [-0.3, -0.25) is 4.79 Å². The summed E-state index contributed by atoms with van der Waals surface area (Å²) in [6, 6.07) is 16.0. The number of amides is 1. The third-order valence-corrected chi connectivity index (χ3v) is 4.32. The lowest BCUT2D eigenvalue weighted by atomic mass is 10.1. The Bertz CT molecular complexity index is 672. The van der Waals surface area contributed by atoms with E-state index in [2.05, 4.69) is 18.2 Å². The molecule has 2 N–H and O–H groups in total. The summed E-state index contributed by atoms with van der Waals surface area (Å²) in [5, 5.41) is 0. The van der Waals surface area contributed by atoms with Crippen LogP contribution < -0.4 is 10.6 Å². The van der Waals surface area contributed by atoms with E-state index >= 15 is 0 Å². The largest absolute Gasteiger partial charge is 0.399 e. The lowest BCUT2D eigenvalue weighted by molar-refractivity contribution is -0.118. The summed E-state index contributed by atoms with van der Waals surface area (Å²) in [6.45, 7) is 0.820. The first-order valence-corrected chi connectivity index (χ1v) is 7.97. The van der Waals surface area contributed by atoms with Gasteiger partial charge in [-0.2, -0.15) is 0 Å². The van der Waals surface area contributed by atoms with E-state index in [9.17, 15) is 4.79 Å². The quantitative estimate of drug-likeness (QED) is 0.865. The van der Waals surface area contributed by atoms with Crippen LogP contribution in [0.2, 0.25) is 0 Å². The highest BCUT2D eigenvalue weighted by molar-refractivity contribution is 5.94. The Balaban J connectivity index is 0.00000192. The molecule has 0 fully saturated rings. The second-order valence-corrected chi connectivity index (χ2v) is 5.83. The van der Waals surface area contributed by atoms with Crippen molar-refractivity contribution in [2.45, 2.75) is 32.1 Å². The Morgan fingerprint density at radius 1 is 1.04 bits per heavy atom. The number of carbonyl (C=O) groups is 1. The van der Waals surface area contributed by atoms with Crippen molar-refractivity contribution in [3.63, 3.8) is 0 Å². The van der Waals surface area contributed by atoms with Gasteiger partial charge in [0.05, 0.1) is 0 Å². The van der Waals surface area contributed by atoms with Crippen LogP contribution in [0.3, 0.4) is 0 Å². The number of hydrogen-bond acceptors (Lipinski definition) is 2. The van der Waals surface area contributed by atoms with Crippen molar-refractivity contribution < 1.29 is 4.79 Å². The van der Waals surface area contributed by atoms with Gasteiger partial charge in [0, 0.05) is 24.3 Å². The van der Waals surface area contributed by atoms with Crippen molar-refractivity contribution >= 4 is 29.7 Å². The average molecular weight is 331 g/mol. The van der Waals surface area contributed by atoms with Crippen LogP contribution in [0.4, 0.5) is 11.4 Å². The fourth-order valence-corrected chi connectivity index (χ4v) is 3.09. The third-order valence-electron chi connectivity index (χ3n) is 4.32. The highest BCUT2D eigenvalue weighted by atomic mass is 35.5. The third kappa shape index (κ3) is 4.05. The number of para-hydroxylation sites is 2. The summed E-state index contributed by atoms with van der Waals surface area (Å²) in [4.78, 5) is 14.6. The fraction of sp³-hybridized carbons (Fsp3) is 0.316. The van der Waals surface area contributed by atoms with Crippen molar-refractivity contribution in [1.29, 1.82) is 0 Å². The number of aryl methyl sites for hydroxylation is 2. The van der Waals surface area contributed by atoms with Gasteiger partial charge < -0.3 is 10.6 Å². The molecule has 0 aliphatic carbocycles. The molecule has 0 unspecified atom stereocenters. The molecule has 0 aromatic heterocycles. The zero-order chi connectivity index (χ0) is 15.4. The summed E-state index contributed by atoms with van der Waals surface area (Å²) in [7, 11) is 0. The molecule has 1 aliphatic rings. The zero-order valence-electron chi connectivity index (χ0n) is 13.2. The van der Waals surface area contributed by atoms with Gasteiger partial charge in [0.1, 0.15) is 0 Å². The van der Waals surface area contributed by atoms with Crippen LogP contribution in [0.5, 0.6) is 0 Å². The van der Waals surface area contributed by atoms with E-state index in [4.69, 9.17) is 5.73 Å². The molecule has 4 heteroatoms. The summed E-state index contributed by atoms with van der Waals surface area (Å²) in [6.07, 6.45) is 4.47. The van der Waals surface area contributed by atoms with Gasteiger partial charge in [-0.15, -0.1) is 12.4 Å². The lowest BCUT2D eigenvalue weighted by Gasteiger charge is -2.23. The Labute approximate surface area is 143 Å². The first-order valence-electron chi connectivity index (χ1n) is 7.97. The average Bonchev–Trinajstić information content (AvgIpc) is 2.76. The molecule has 122 valence electrons. The minimum atomic E-state index is 0. The minimum absolute atomic E-state index is 0. The molecule has 1 aliphatic heterocycles. The minimum Gasteiger partial charge on any atom is -0.399 e. The number of anilines is 2. The summed E-state index contributed by atoms with van der Waals surface area (Å²) >= 11 is 0. The molecule has 0 radical (unpaired) electrons. The smallest absolute Gasteiger partial charge is 0.227 e. The summed E-state index contributed by atoms with van der Waals surface area (Å²) in [5.41, 5.74) is 10.2. The maximum Gasteiger partial charge on any atom is 0.227 e. The van der Waals surface area contributed by atoms with Gasteiger partial charge >= 0.3 is 0 Å². The second kappa shape index (κ2) is 8.02. The number of benzene rings is 2. The lowest BCUT2D eigenvalue weighted by Crippen LogP contribution is -2.31. The fourth-order valence-electron chi connectivity index (χ4n) is 3.09. The topological polar surface area (TPSA) is 46.3 Å². The normalized spacial score (nSPS) is 13.7. The summed E-state index contributed by atoms with van der Waals surface area (Å²) in [5.74, 6) is 0.192. The van der Waals surface area contributed by atoms with E-state index in [0.717, 1.165) is 42.7 Å². The van der Waals surface area contributed by atoms with Crippen molar-refractivity contribution in [3.8, 4) is 0 Å². The molecule has 23 heavy (non-hydrogen) atoms. The van der Waals surface area contributed by atoms with E-state index in [1.54, 1.807) is 0 Å². The molecule has 0 saturated heterocycles. The zero-order valence-corrected chi connectivity index (χ0v) is 14.0. The van der Waals surface area contributed by atoms with Gasteiger partial charge in [-0.05, 0) is 48.9 Å². The van der Waals surface area contributed by atoms with E-state index in [0.29, 0.717) is 12.8 Å². The van der Waals surface area contributed by atoms with Crippen LogP contribution in [-0.2, 0) is 17.6 Å². The van der Waals surface area contributed by atoms with Crippen LogP contribution >= 0.6 is 12.4 Å². The maximum absolute atomic E-state index is 12.7. The molecule has 0 spiro atoms. The molecule has 0 atom stereocenters. The number of hydrogen-bond donors (Lipinski definition) is 1. The van der Waals surface area contributed by atoms with Crippen molar-refractivity contribution in [1.82, 2.24) is 0 Å². The molecular formula is C19H23ClN2O. The van der Waals surface area contributed by atoms with Crippen LogP contribution in [0.15, 0.2) is 48.5 Å². The molecule has 3 rings (SSSR count). The standard InChI is InChI=1S/C19H22N2O.ClH/c20-17-10-3-1-7-15(17)12-13-19(22)21-14-6-5-9-16-8-2-4-11-18(16)21;/h1-4,7-8,10-11H,5-6,9,12-14,20H2;1H. The Morgan fingerprint density at radius 2 is 1.78 bits per heavy atom. The molecule has 2 aromatic rings. The van der Waals surface area contributed by atoms with Crippen molar-refractivity contribution in [2.75, 3.05) is 17.2 Å². The molecule has 3 nitrogen and oxygen atoms in total. The van der Waals surface area contributed by atoms with Gasteiger partial charge in [0.15, 0.2) is 0 Å². The first kappa shape index (κ1) is 17.4. The van der Waals surface area contributed by atoms with E-state index in [1.807, 2.05) is 35.2 Å². The number of rotatable bonds is 3. The van der Waals surface area contributed by atoms with E-state index in [1.165, 1.54) is 5.56 Å². The maximum atomic E-state index is 12.7. The molecular weight excluding hydrogens is 308 g/mol. The van der Waals surface area contributed by atoms with Crippen molar-refractivity contribution in [2.24, 2.45) is 0 Å². The van der Waals surface area contributed by atoms with Gasteiger partial charge in [-0.1, -0.05) is 36.4 Å². The molecule has 0 saturated carbocycles. The number of carbonyl (C=O) groups excluding carboxylic acids is 1. The van der Waals surface area contributed by atoms with Gasteiger partial charge in [0.2, 0.25) is 5.91 Å². The van der Waals surface area contributed by atoms with E-state index < -0.39 is 0 Å². The SMILES string of the molecule is Cl.Nc1ccccc1CCC(=O)N1CCCCc2ccccc21. The highest BCUT2D eigenvalue weighted by Crippen LogP contribution is 2.27. The Hall–Kier alpha value is -2.00. The second-order valence-electron chi connectivity index (χ2n) is 5.83. The highest BCUT2D eigenvalue weighted by Gasteiger charge is 2.20. The monoisotopic (exact) mass is 330 g/mol. The van der Waals surface area contributed by atoms with Crippen LogP contribution in [-0.4, -0.2) is 12.5 Å². The van der Waals surface area contributed by atoms with Crippen LogP contribution in [0, 0.1) is 0 Å². The predicted molar refractivity (Wildman–Crippen MR) is 98.2 cm³/mol. The van der Waals surface area contributed by atoms with Gasteiger partial charge in [0.25, 0.3) is 0 Å². The molecule has 1 heterocycles. The summed E-state index contributed by atoms with van der Waals surface area (Å²) < 4.78 is 0. The van der Waals surface area contributed by atoms with Crippen LogP contribution in [0.1, 0.15) is 30.4 Å². The van der Waals surface area contributed by atoms with Gasteiger partial charge in [-0.25, -0.2) is 0 Å². The number of nitrogens with zero attached hydrogens (tertiary/aromatic N) is 1. The van der Waals surface area contributed by atoms with E-state index in [-0.39, 0.29) is 18.3 Å². The van der Waals surface area contributed by atoms with Crippen LogP contribution in [0.25, 0.3) is 0 Å². The number of fused-ring (bicyclic) bond motifs is 1. The number of halogens is 1. The molecule has 0 bridgehead atoms. The number of nitrogen functional groups attached to an aromatic ring is 1. The molecule has 2 aromatic carbocycles. The Kier molecular flexibility index (Phi) is 6.05. The number of nitrogens with two attached hydrogens (primary N) is 1. The van der Waals surface area contributed by atoms with Crippen molar-refractivity contribution in [3.05, 3.63) is 59.7 Å². The molecule has 1 amide bonds.